The summed E-state index contributed by atoms with van der Waals surface area (Å²) in [6.07, 6.45) is 0.381. The van der Waals surface area contributed by atoms with Gasteiger partial charge in [-0.3, -0.25) is 14.9 Å². The number of benzene rings is 1. The van der Waals surface area contributed by atoms with Crippen LogP contribution in [0.4, 0.5) is 5.69 Å². The van der Waals surface area contributed by atoms with E-state index in [1.54, 1.807) is 0 Å². The normalized spacial score (nSPS) is 19.3. The molecule has 0 aliphatic carbocycles. The summed E-state index contributed by atoms with van der Waals surface area (Å²) in [6.45, 7) is -0.421. The van der Waals surface area contributed by atoms with Crippen molar-refractivity contribution in [2.75, 3.05) is 25.2 Å². The second-order valence-corrected chi connectivity index (χ2v) is 7.88. The summed E-state index contributed by atoms with van der Waals surface area (Å²) < 4.78 is 28.1. The Bertz CT molecular complexity index is 736. The summed E-state index contributed by atoms with van der Waals surface area (Å²) in [5.74, 6) is -0.536. The van der Waals surface area contributed by atoms with Gasteiger partial charge >= 0.3 is 5.69 Å². The molecule has 0 radical (unpaired) electrons. The van der Waals surface area contributed by atoms with Gasteiger partial charge in [-0.25, -0.2) is 8.42 Å². The molecule has 1 saturated heterocycles. The van der Waals surface area contributed by atoms with Crippen LogP contribution in [-0.4, -0.2) is 55.4 Å². The molecule has 0 spiro atoms. The van der Waals surface area contributed by atoms with E-state index in [9.17, 15) is 23.3 Å². The number of carbonyl (C=O) groups is 1. The molecule has 8 nitrogen and oxygen atoms in total. The Balaban J connectivity index is 2.01. The van der Waals surface area contributed by atoms with E-state index in [-0.39, 0.29) is 28.0 Å². The topological polar surface area (TPSA) is 107 Å². The first-order valence-electron chi connectivity index (χ1n) is 6.72. The van der Waals surface area contributed by atoms with Crippen molar-refractivity contribution in [1.29, 1.82) is 0 Å². The van der Waals surface area contributed by atoms with Crippen LogP contribution >= 0.6 is 11.6 Å². The Morgan fingerprint density at radius 3 is 2.78 bits per heavy atom. The number of hydrogen-bond donors (Lipinski definition) is 0. The molecule has 0 aromatic heterocycles. The highest BCUT2D eigenvalue weighted by Gasteiger charge is 2.33. The minimum Gasteiger partial charge on any atom is -0.477 e. The number of ether oxygens (including phenoxy) is 1. The van der Waals surface area contributed by atoms with Crippen molar-refractivity contribution < 1.29 is 22.9 Å². The fourth-order valence-corrected chi connectivity index (χ4v) is 4.22. The van der Waals surface area contributed by atoms with Crippen LogP contribution in [0.5, 0.6) is 5.75 Å². The molecule has 1 fully saturated rings. The predicted molar refractivity (Wildman–Crippen MR) is 83.4 cm³/mol. The second kappa shape index (κ2) is 6.71. The lowest BCUT2D eigenvalue weighted by atomic mass is 10.2. The first-order valence-corrected chi connectivity index (χ1v) is 8.92. The van der Waals surface area contributed by atoms with Gasteiger partial charge in [0.05, 0.1) is 16.4 Å². The number of amides is 1. The number of carbonyl (C=O) groups excluding carboxylic acids is 1. The number of nitro groups is 1. The number of sulfone groups is 1. The summed E-state index contributed by atoms with van der Waals surface area (Å²) in [5, 5.41) is 11.1. The maximum Gasteiger partial charge on any atom is 0.312 e. The molecule has 126 valence electrons. The van der Waals surface area contributed by atoms with Gasteiger partial charge in [-0.05, 0) is 18.6 Å². The first-order chi connectivity index (χ1) is 10.7. The van der Waals surface area contributed by atoms with Crippen molar-refractivity contribution in [3.8, 4) is 5.75 Å². The SMILES string of the molecule is CN(C(=O)COc1ccc(Cl)cc1[N+](=O)[O-])[C@H]1CCS(=O)(=O)C1. The van der Waals surface area contributed by atoms with Crippen LogP contribution in [0.1, 0.15) is 6.42 Å². The molecule has 1 amide bonds. The maximum absolute atomic E-state index is 12.1. The number of halogens is 1. The zero-order chi connectivity index (χ0) is 17.2. The summed E-state index contributed by atoms with van der Waals surface area (Å²) in [5.41, 5.74) is -0.337. The van der Waals surface area contributed by atoms with Crippen LogP contribution in [0.15, 0.2) is 18.2 Å². The van der Waals surface area contributed by atoms with Gasteiger partial charge in [0, 0.05) is 24.2 Å². The van der Waals surface area contributed by atoms with Gasteiger partial charge in [0.2, 0.25) is 0 Å². The molecule has 23 heavy (non-hydrogen) atoms. The fraction of sp³-hybridized carbons (Fsp3) is 0.462. The van der Waals surface area contributed by atoms with Crippen LogP contribution in [-0.2, 0) is 14.6 Å². The fourth-order valence-electron chi connectivity index (χ4n) is 2.28. The molecule has 0 bridgehead atoms. The second-order valence-electron chi connectivity index (χ2n) is 5.22. The lowest BCUT2D eigenvalue weighted by Crippen LogP contribution is -2.40. The lowest BCUT2D eigenvalue weighted by Gasteiger charge is -2.23. The number of rotatable bonds is 5. The monoisotopic (exact) mass is 362 g/mol. The zero-order valence-corrected chi connectivity index (χ0v) is 13.8. The van der Waals surface area contributed by atoms with E-state index in [0.717, 1.165) is 6.07 Å². The number of hydrogen-bond acceptors (Lipinski definition) is 6. The van der Waals surface area contributed by atoms with Gasteiger partial charge in [-0.1, -0.05) is 11.6 Å². The highest BCUT2D eigenvalue weighted by molar-refractivity contribution is 7.91. The van der Waals surface area contributed by atoms with Crippen molar-refractivity contribution in [2.24, 2.45) is 0 Å². The van der Waals surface area contributed by atoms with Gasteiger partial charge in [-0.15, -0.1) is 0 Å². The highest BCUT2D eigenvalue weighted by atomic mass is 35.5. The van der Waals surface area contributed by atoms with E-state index in [1.165, 1.54) is 24.1 Å². The van der Waals surface area contributed by atoms with Crippen molar-refractivity contribution in [1.82, 2.24) is 4.90 Å². The highest BCUT2D eigenvalue weighted by Crippen LogP contribution is 2.30. The third-order valence-corrected chi connectivity index (χ3v) is 5.60. The summed E-state index contributed by atoms with van der Waals surface area (Å²) >= 11 is 5.69. The summed E-state index contributed by atoms with van der Waals surface area (Å²) in [4.78, 5) is 23.7. The van der Waals surface area contributed by atoms with E-state index in [1.807, 2.05) is 0 Å². The van der Waals surface area contributed by atoms with E-state index >= 15 is 0 Å². The summed E-state index contributed by atoms with van der Waals surface area (Å²) in [7, 11) is -1.61. The predicted octanol–water partition coefficient (Wildman–Crippen LogP) is 1.27. The van der Waals surface area contributed by atoms with Gasteiger partial charge < -0.3 is 9.64 Å². The van der Waals surface area contributed by atoms with Gasteiger partial charge in [0.1, 0.15) is 0 Å². The smallest absolute Gasteiger partial charge is 0.312 e. The molecule has 1 heterocycles. The zero-order valence-electron chi connectivity index (χ0n) is 12.3. The molecule has 1 aromatic rings. The van der Waals surface area contributed by atoms with E-state index in [4.69, 9.17) is 16.3 Å². The molecule has 0 saturated carbocycles. The van der Waals surface area contributed by atoms with E-state index < -0.39 is 33.3 Å². The first kappa shape index (κ1) is 17.5. The minimum absolute atomic E-state index is 0.0544. The Kier molecular flexibility index (Phi) is 5.10. The molecule has 10 heteroatoms. The maximum atomic E-state index is 12.1. The van der Waals surface area contributed by atoms with Crippen LogP contribution in [0.25, 0.3) is 0 Å². The Hall–Kier alpha value is -1.87. The Morgan fingerprint density at radius 2 is 2.22 bits per heavy atom. The average molecular weight is 363 g/mol. The van der Waals surface area contributed by atoms with Gasteiger partial charge in [0.15, 0.2) is 22.2 Å². The Labute approximate surface area is 138 Å². The average Bonchev–Trinajstić information content (AvgIpc) is 2.84. The summed E-state index contributed by atoms with van der Waals surface area (Å²) in [6, 6.07) is 3.47. The van der Waals surface area contributed by atoms with Crippen LogP contribution in [0, 0.1) is 10.1 Å². The van der Waals surface area contributed by atoms with Crippen LogP contribution in [0.3, 0.4) is 0 Å². The molecule has 1 aliphatic heterocycles. The largest absolute Gasteiger partial charge is 0.477 e. The lowest BCUT2D eigenvalue weighted by molar-refractivity contribution is -0.385. The quantitative estimate of drug-likeness (QED) is 0.576. The van der Waals surface area contributed by atoms with Gasteiger partial charge in [0.25, 0.3) is 5.91 Å². The molecular weight excluding hydrogens is 348 g/mol. The van der Waals surface area contributed by atoms with Crippen LogP contribution < -0.4 is 4.74 Å². The molecule has 2 rings (SSSR count). The molecule has 1 aromatic carbocycles. The number of likely N-dealkylation sites (N-methyl/N-ethyl adjacent to an activating group) is 1. The van der Waals surface area contributed by atoms with Crippen molar-refractivity contribution in [2.45, 2.75) is 12.5 Å². The van der Waals surface area contributed by atoms with Crippen molar-refractivity contribution in [3.63, 3.8) is 0 Å². The van der Waals surface area contributed by atoms with Crippen molar-refractivity contribution in [3.05, 3.63) is 33.3 Å². The number of nitrogens with zero attached hydrogens (tertiary/aromatic N) is 2. The molecule has 0 unspecified atom stereocenters. The van der Waals surface area contributed by atoms with Gasteiger partial charge in [-0.2, -0.15) is 0 Å². The van der Waals surface area contributed by atoms with Crippen LogP contribution in [0.2, 0.25) is 5.02 Å². The van der Waals surface area contributed by atoms with E-state index in [2.05, 4.69) is 0 Å². The molecular formula is C13H15ClN2O6S. The number of nitro benzene ring substituents is 1. The third-order valence-electron chi connectivity index (χ3n) is 3.62. The third kappa shape index (κ3) is 4.32. The molecule has 0 N–H and O–H groups in total. The van der Waals surface area contributed by atoms with Crippen molar-refractivity contribution >= 4 is 33.0 Å². The standard InChI is InChI=1S/C13H15ClN2O6S/c1-15(10-4-5-23(20,21)8-10)13(17)7-22-12-3-2-9(14)6-11(12)16(18)19/h2-3,6,10H,4-5,7-8H2,1H3/t10-/m0/s1. The van der Waals surface area contributed by atoms with E-state index in [0.29, 0.717) is 6.42 Å². The molecule has 1 aliphatic rings. The molecule has 1 atom stereocenters. The minimum atomic E-state index is -3.10. The Morgan fingerprint density at radius 1 is 1.52 bits per heavy atom.